The molecule has 6 nitrogen and oxygen atoms in total. The molecule has 0 N–H and O–H groups in total. The summed E-state index contributed by atoms with van der Waals surface area (Å²) in [5.41, 5.74) is 2.33. The molecule has 3 aliphatic rings. The average Bonchev–Trinajstić information content (AvgIpc) is 3.32. The summed E-state index contributed by atoms with van der Waals surface area (Å²) >= 11 is 6.00. The van der Waals surface area contributed by atoms with Crippen LogP contribution >= 0.6 is 11.6 Å². The van der Waals surface area contributed by atoms with E-state index in [1.807, 2.05) is 24.3 Å². The number of amides is 2. The lowest BCUT2D eigenvalue weighted by molar-refractivity contribution is -0.124. The van der Waals surface area contributed by atoms with Crippen LogP contribution in [0.5, 0.6) is 0 Å². The minimum atomic E-state index is -0.970. The third-order valence-corrected chi connectivity index (χ3v) is 7.03. The first kappa shape index (κ1) is 20.7. The van der Waals surface area contributed by atoms with Crippen molar-refractivity contribution in [2.75, 3.05) is 4.90 Å². The predicted molar refractivity (Wildman–Crippen MR) is 124 cm³/mol. The maximum Gasteiger partial charge on any atom is 0.240 e. The summed E-state index contributed by atoms with van der Waals surface area (Å²) in [4.78, 5) is 42.2. The highest BCUT2D eigenvalue weighted by atomic mass is 35.5. The van der Waals surface area contributed by atoms with Gasteiger partial charge in [0.05, 0.1) is 29.8 Å². The summed E-state index contributed by atoms with van der Waals surface area (Å²) in [7, 11) is 0. The summed E-state index contributed by atoms with van der Waals surface area (Å²) in [6.45, 7) is 0. The number of ketones is 1. The van der Waals surface area contributed by atoms with Gasteiger partial charge < -0.3 is 0 Å². The number of nitrogens with zero attached hydrogens (tertiary/aromatic N) is 3. The number of anilines is 1. The molecule has 0 aromatic heterocycles. The van der Waals surface area contributed by atoms with Gasteiger partial charge in [-0.05, 0) is 59.7 Å². The number of halogens is 2. The Kier molecular flexibility index (Phi) is 4.64. The highest BCUT2D eigenvalue weighted by Crippen LogP contribution is 2.53. The molecule has 0 unspecified atom stereocenters. The lowest BCUT2D eigenvalue weighted by atomic mass is 9.83. The Hall–Kier alpha value is -3.84. The molecule has 168 valence electrons. The molecule has 4 atom stereocenters. The molecule has 0 bridgehead atoms. The van der Waals surface area contributed by atoms with Crippen molar-refractivity contribution < 1.29 is 18.8 Å². The van der Waals surface area contributed by atoms with Crippen molar-refractivity contribution in [3.8, 4) is 0 Å². The predicted octanol–water partition coefficient (Wildman–Crippen LogP) is 4.24. The van der Waals surface area contributed by atoms with Gasteiger partial charge in [0.25, 0.3) is 0 Å². The van der Waals surface area contributed by atoms with Gasteiger partial charge in [-0.25, -0.2) is 9.29 Å². The number of fused-ring (bicyclic) bond motifs is 5. The Morgan fingerprint density at radius 1 is 0.882 bits per heavy atom. The molecule has 34 heavy (non-hydrogen) atoms. The SMILES string of the molecule is O=C(c1ccc(Cl)cc1)[C@@H]1[C@@H]2C(=O)N(c3ccc(F)cc3)C(=O)[C@H]2[C@@H]2c3ccccc3C=NN12. The van der Waals surface area contributed by atoms with Crippen LogP contribution in [0.4, 0.5) is 10.1 Å². The van der Waals surface area contributed by atoms with Crippen LogP contribution in [0.15, 0.2) is 77.9 Å². The summed E-state index contributed by atoms with van der Waals surface area (Å²) in [6, 6.07) is 17.6. The zero-order chi connectivity index (χ0) is 23.6. The molecule has 2 fully saturated rings. The summed E-state index contributed by atoms with van der Waals surface area (Å²) in [5, 5.41) is 6.62. The fourth-order valence-electron chi connectivity index (χ4n) is 5.30. The van der Waals surface area contributed by atoms with Crippen molar-refractivity contribution in [2.45, 2.75) is 12.1 Å². The Bertz CT molecular complexity index is 1370. The second kappa shape index (κ2) is 7.60. The van der Waals surface area contributed by atoms with Crippen molar-refractivity contribution >= 4 is 41.1 Å². The monoisotopic (exact) mass is 473 g/mol. The van der Waals surface area contributed by atoms with Crippen molar-refractivity contribution in [3.63, 3.8) is 0 Å². The third-order valence-electron chi connectivity index (χ3n) is 6.78. The minimum absolute atomic E-state index is 0.280. The lowest BCUT2D eigenvalue weighted by Crippen LogP contribution is -2.44. The van der Waals surface area contributed by atoms with Crippen LogP contribution in [0.25, 0.3) is 0 Å². The quantitative estimate of drug-likeness (QED) is 0.421. The van der Waals surface area contributed by atoms with Crippen LogP contribution in [0.2, 0.25) is 5.02 Å². The topological polar surface area (TPSA) is 70.0 Å². The molecule has 3 aromatic rings. The van der Waals surface area contributed by atoms with Crippen LogP contribution < -0.4 is 4.90 Å². The van der Waals surface area contributed by atoms with Gasteiger partial charge in [-0.3, -0.25) is 19.4 Å². The van der Waals surface area contributed by atoms with E-state index >= 15 is 0 Å². The van der Waals surface area contributed by atoms with Crippen LogP contribution in [-0.2, 0) is 9.59 Å². The van der Waals surface area contributed by atoms with Gasteiger partial charge in [0.1, 0.15) is 11.9 Å². The van der Waals surface area contributed by atoms with Gasteiger partial charge in [0.2, 0.25) is 11.8 Å². The molecule has 6 rings (SSSR count). The number of carbonyl (C=O) groups is 3. The maximum absolute atomic E-state index is 13.7. The van der Waals surface area contributed by atoms with E-state index in [0.29, 0.717) is 10.6 Å². The van der Waals surface area contributed by atoms with Crippen molar-refractivity contribution in [2.24, 2.45) is 16.9 Å². The van der Waals surface area contributed by atoms with Gasteiger partial charge in [0, 0.05) is 10.6 Å². The minimum Gasteiger partial charge on any atom is -0.292 e. The third kappa shape index (κ3) is 2.93. The Morgan fingerprint density at radius 2 is 1.56 bits per heavy atom. The Labute approximate surface area is 199 Å². The molecule has 3 aromatic carbocycles. The summed E-state index contributed by atoms with van der Waals surface area (Å²) < 4.78 is 13.5. The van der Waals surface area contributed by atoms with E-state index in [0.717, 1.165) is 16.0 Å². The fraction of sp³-hybridized carbons (Fsp3) is 0.154. The Morgan fingerprint density at radius 3 is 2.29 bits per heavy atom. The van der Waals surface area contributed by atoms with E-state index in [1.165, 1.54) is 24.3 Å². The number of rotatable bonds is 3. The van der Waals surface area contributed by atoms with Crippen molar-refractivity contribution in [1.82, 2.24) is 5.01 Å². The number of Topliss-reactive ketones (excluding diaryl/α,β-unsaturated/α-hetero) is 1. The van der Waals surface area contributed by atoms with Crippen LogP contribution in [0.1, 0.15) is 27.5 Å². The normalized spacial score (nSPS) is 24.8. The molecular weight excluding hydrogens is 457 g/mol. The molecule has 0 radical (unpaired) electrons. The molecule has 0 spiro atoms. The fourth-order valence-corrected chi connectivity index (χ4v) is 5.42. The first-order valence-electron chi connectivity index (χ1n) is 10.8. The van der Waals surface area contributed by atoms with Gasteiger partial charge in [-0.15, -0.1) is 0 Å². The van der Waals surface area contributed by atoms with Crippen LogP contribution in [0, 0.1) is 17.7 Å². The second-order valence-electron chi connectivity index (χ2n) is 8.55. The molecule has 3 heterocycles. The van der Waals surface area contributed by atoms with E-state index in [-0.39, 0.29) is 11.5 Å². The lowest BCUT2D eigenvalue weighted by Gasteiger charge is -2.33. The molecule has 2 saturated heterocycles. The second-order valence-corrected chi connectivity index (χ2v) is 8.99. The van der Waals surface area contributed by atoms with E-state index in [2.05, 4.69) is 5.10 Å². The highest BCUT2D eigenvalue weighted by Gasteiger charge is 2.65. The first-order valence-corrected chi connectivity index (χ1v) is 11.2. The number of benzene rings is 3. The number of imide groups is 1. The van der Waals surface area contributed by atoms with E-state index in [4.69, 9.17) is 11.6 Å². The molecule has 0 aliphatic carbocycles. The van der Waals surface area contributed by atoms with Crippen LogP contribution in [-0.4, -0.2) is 34.9 Å². The average molecular weight is 474 g/mol. The number of carbonyl (C=O) groups excluding carboxylic acids is 3. The molecule has 3 aliphatic heterocycles. The van der Waals surface area contributed by atoms with Gasteiger partial charge in [-0.2, -0.15) is 5.10 Å². The Balaban J connectivity index is 1.49. The standard InChI is InChI=1S/C26H17ClFN3O3/c27-16-7-5-14(6-8-16)24(32)23-21-20(22-19-4-2-1-3-15(19)13-29-31(22)23)25(33)30(26(21)34)18-11-9-17(28)10-12-18/h1-13,20-23H/t20-,21-,22+,23+/m1/s1. The smallest absolute Gasteiger partial charge is 0.240 e. The van der Waals surface area contributed by atoms with Gasteiger partial charge in [-0.1, -0.05) is 35.9 Å². The first-order chi connectivity index (χ1) is 16.5. The molecule has 8 heteroatoms. The molecule has 0 saturated carbocycles. The molecule has 2 amide bonds. The van der Waals surface area contributed by atoms with E-state index in [1.54, 1.807) is 35.5 Å². The maximum atomic E-state index is 13.7. The van der Waals surface area contributed by atoms with Gasteiger partial charge >= 0.3 is 0 Å². The van der Waals surface area contributed by atoms with Crippen LogP contribution in [0.3, 0.4) is 0 Å². The van der Waals surface area contributed by atoms with Crippen molar-refractivity contribution in [3.05, 3.63) is 100 Å². The highest BCUT2D eigenvalue weighted by molar-refractivity contribution is 6.30. The number of hydrazone groups is 1. The van der Waals surface area contributed by atoms with Gasteiger partial charge in [0.15, 0.2) is 5.78 Å². The molecular formula is C26H17ClFN3O3. The zero-order valence-corrected chi connectivity index (χ0v) is 18.4. The zero-order valence-electron chi connectivity index (χ0n) is 17.6. The largest absolute Gasteiger partial charge is 0.292 e. The number of hydrogen-bond donors (Lipinski definition) is 0. The van der Waals surface area contributed by atoms with E-state index < -0.39 is 41.6 Å². The van der Waals surface area contributed by atoms with E-state index in [9.17, 15) is 18.8 Å². The summed E-state index contributed by atoms with van der Waals surface area (Å²) in [6.07, 6.45) is 1.65. The summed E-state index contributed by atoms with van der Waals surface area (Å²) in [5.74, 6) is -3.44. The number of hydrogen-bond acceptors (Lipinski definition) is 5. The van der Waals surface area contributed by atoms with Crippen molar-refractivity contribution in [1.29, 1.82) is 0 Å².